The minimum absolute atomic E-state index is 0.0185. The third kappa shape index (κ3) is 3.77. The van der Waals surface area contributed by atoms with E-state index in [9.17, 15) is 4.79 Å². The van der Waals surface area contributed by atoms with Crippen LogP contribution in [0.15, 0.2) is 61.2 Å². The van der Waals surface area contributed by atoms with Gasteiger partial charge < -0.3 is 0 Å². The summed E-state index contributed by atoms with van der Waals surface area (Å²) in [6.07, 6.45) is 1.28. The maximum atomic E-state index is 9.69. The van der Waals surface area contributed by atoms with Crippen molar-refractivity contribution in [2.75, 3.05) is 0 Å². The molecule has 0 bridgehead atoms. The van der Waals surface area contributed by atoms with E-state index in [1.807, 2.05) is 0 Å². The number of rotatable bonds is 1. The van der Waals surface area contributed by atoms with Crippen molar-refractivity contribution in [1.82, 2.24) is 0 Å². The molecule has 76 valence electrons. The van der Waals surface area contributed by atoms with E-state index in [1.54, 1.807) is 0 Å². The van der Waals surface area contributed by atoms with Crippen LogP contribution in [0.5, 0.6) is 0 Å². The van der Waals surface area contributed by atoms with Crippen molar-refractivity contribution in [2.45, 2.75) is 6.92 Å². The molecule has 15 heavy (non-hydrogen) atoms. The van der Waals surface area contributed by atoms with Crippen LogP contribution in [0.1, 0.15) is 6.92 Å². The SMILES string of the molecule is C=CC(C)=O.c1ccc2ccccc2c1. The number of ketones is 1. The van der Waals surface area contributed by atoms with Crippen molar-refractivity contribution in [3.63, 3.8) is 0 Å². The first-order valence-electron chi connectivity index (χ1n) is 4.81. The van der Waals surface area contributed by atoms with Gasteiger partial charge in [0.2, 0.25) is 0 Å². The molecule has 2 rings (SSSR count). The van der Waals surface area contributed by atoms with Crippen molar-refractivity contribution in [3.05, 3.63) is 61.2 Å². The topological polar surface area (TPSA) is 17.1 Å². The Kier molecular flexibility index (Phi) is 4.30. The lowest BCUT2D eigenvalue weighted by molar-refractivity contribution is -0.112. The Morgan fingerprint density at radius 1 is 1.00 bits per heavy atom. The van der Waals surface area contributed by atoms with E-state index in [0.29, 0.717) is 0 Å². The molecule has 0 N–H and O–H groups in total. The smallest absolute Gasteiger partial charge is 0.152 e. The molecule has 0 atom stereocenters. The van der Waals surface area contributed by atoms with Crippen molar-refractivity contribution >= 4 is 16.6 Å². The van der Waals surface area contributed by atoms with Crippen LogP contribution in [-0.4, -0.2) is 5.78 Å². The highest BCUT2D eigenvalue weighted by atomic mass is 16.1. The van der Waals surface area contributed by atoms with Gasteiger partial charge in [-0.1, -0.05) is 55.1 Å². The second-order valence-electron chi connectivity index (χ2n) is 3.16. The molecule has 1 heteroatoms. The molecule has 0 aliphatic heterocycles. The average molecular weight is 198 g/mol. The third-order valence-corrected chi connectivity index (χ3v) is 1.95. The number of allylic oxidation sites excluding steroid dienone is 1. The van der Waals surface area contributed by atoms with Gasteiger partial charge in [-0.3, -0.25) is 4.79 Å². The molecule has 0 saturated carbocycles. The zero-order valence-corrected chi connectivity index (χ0v) is 8.81. The van der Waals surface area contributed by atoms with Crippen LogP contribution < -0.4 is 0 Å². The summed E-state index contributed by atoms with van der Waals surface area (Å²) in [6, 6.07) is 16.7. The zero-order chi connectivity index (χ0) is 11.1. The number of carbonyl (C=O) groups is 1. The highest BCUT2D eigenvalue weighted by molar-refractivity contribution is 5.86. The number of fused-ring (bicyclic) bond motifs is 1. The summed E-state index contributed by atoms with van der Waals surface area (Å²) in [5.41, 5.74) is 0. The van der Waals surface area contributed by atoms with Crippen LogP contribution in [0.2, 0.25) is 0 Å². The van der Waals surface area contributed by atoms with E-state index in [4.69, 9.17) is 0 Å². The molecule has 0 aliphatic rings. The average Bonchev–Trinajstić information content (AvgIpc) is 2.30. The minimum Gasteiger partial charge on any atom is -0.295 e. The number of hydrogen-bond donors (Lipinski definition) is 0. The Balaban J connectivity index is 0.000000195. The standard InChI is InChI=1S/C10H8.C4H6O/c1-2-6-10-8-4-3-7-9(10)5-1;1-3-4(2)5/h1-8H;3H,1H2,2H3. The first-order chi connectivity index (χ1) is 7.24. The van der Waals surface area contributed by atoms with Gasteiger partial charge in [0, 0.05) is 0 Å². The number of benzene rings is 2. The zero-order valence-electron chi connectivity index (χ0n) is 8.81. The summed E-state index contributed by atoms with van der Waals surface area (Å²) in [7, 11) is 0. The lowest BCUT2D eigenvalue weighted by Crippen LogP contribution is -1.74. The molecule has 0 aliphatic carbocycles. The molecule has 2 aromatic rings. The van der Waals surface area contributed by atoms with Crippen molar-refractivity contribution in [1.29, 1.82) is 0 Å². The molecule has 0 unspecified atom stereocenters. The summed E-state index contributed by atoms with van der Waals surface area (Å²) >= 11 is 0. The maximum Gasteiger partial charge on any atom is 0.152 e. The van der Waals surface area contributed by atoms with E-state index in [-0.39, 0.29) is 5.78 Å². The second kappa shape index (κ2) is 5.76. The first-order valence-corrected chi connectivity index (χ1v) is 4.81. The van der Waals surface area contributed by atoms with E-state index in [0.717, 1.165) is 0 Å². The molecule has 0 spiro atoms. The van der Waals surface area contributed by atoms with Gasteiger partial charge in [-0.05, 0) is 23.8 Å². The van der Waals surface area contributed by atoms with Crippen LogP contribution >= 0.6 is 0 Å². The van der Waals surface area contributed by atoms with Gasteiger partial charge >= 0.3 is 0 Å². The summed E-state index contributed by atoms with van der Waals surface area (Å²) in [4.78, 5) is 9.69. The normalized spacial score (nSPS) is 8.87. The fraction of sp³-hybridized carbons (Fsp3) is 0.0714. The van der Waals surface area contributed by atoms with E-state index in [1.165, 1.54) is 23.8 Å². The van der Waals surface area contributed by atoms with Crippen molar-refractivity contribution in [3.8, 4) is 0 Å². The monoisotopic (exact) mass is 198 g/mol. The summed E-state index contributed by atoms with van der Waals surface area (Å²) in [5.74, 6) is 0.0185. The molecule has 0 radical (unpaired) electrons. The molecule has 0 amide bonds. The van der Waals surface area contributed by atoms with Gasteiger partial charge in [0.15, 0.2) is 5.78 Å². The first kappa shape index (κ1) is 11.2. The highest BCUT2D eigenvalue weighted by Crippen LogP contribution is 2.11. The Morgan fingerprint density at radius 2 is 1.27 bits per heavy atom. The summed E-state index contributed by atoms with van der Waals surface area (Å²) < 4.78 is 0. The Labute approximate surface area is 90.1 Å². The molecule has 2 aromatic carbocycles. The summed E-state index contributed by atoms with van der Waals surface area (Å²) in [5, 5.41) is 2.62. The van der Waals surface area contributed by atoms with Crippen LogP contribution in [0.4, 0.5) is 0 Å². The van der Waals surface area contributed by atoms with Gasteiger partial charge in [-0.15, -0.1) is 0 Å². The molecule has 0 saturated heterocycles. The van der Waals surface area contributed by atoms with E-state index in [2.05, 4.69) is 55.1 Å². The predicted molar refractivity (Wildman–Crippen MR) is 64.8 cm³/mol. The number of hydrogen-bond acceptors (Lipinski definition) is 1. The second-order valence-corrected chi connectivity index (χ2v) is 3.16. The van der Waals surface area contributed by atoms with Crippen molar-refractivity contribution < 1.29 is 4.79 Å². The van der Waals surface area contributed by atoms with Gasteiger partial charge in [-0.25, -0.2) is 0 Å². The van der Waals surface area contributed by atoms with Gasteiger partial charge in [0.25, 0.3) is 0 Å². The Bertz CT molecular complexity index is 392. The lowest BCUT2D eigenvalue weighted by atomic mass is 10.1. The summed E-state index contributed by atoms with van der Waals surface area (Å²) in [6.45, 7) is 4.68. The molecular formula is C14H14O. The van der Waals surface area contributed by atoms with Crippen LogP contribution in [0.3, 0.4) is 0 Å². The molecule has 1 nitrogen and oxygen atoms in total. The molecule has 0 aromatic heterocycles. The van der Waals surface area contributed by atoms with Gasteiger partial charge in [-0.2, -0.15) is 0 Å². The fourth-order valence-corrected chi connectivity index (χ4v) is 1.13. The quantitative estimate of drug-likeness (QED) is 0.640. The Hall–Kier alpha value is -1.89. The number of carbonyl (C=O) groups excluding carboxylic acids is 1. The molecule has 0 heterocycles. The maximum absolute atomic E-state index is 9.69. The molecule has 0 fully saturated rings. The van der Waals surface area contributed by atoms with Crippen molar-refractivity contribution in [2.24, 2.45) is 0 Å². The molecular weight excluding hydrogens is 184 g/mol. The van der Waals surface area contributed by atoms with Crippen LogP contribution in [0.25, 0.3) is 10.8 Å². The fourth-order valence-electron chi connectivity index (χ4n) is 1.13. The predicted octanol–water partition coefficient (Wildman–Crippen LogP) is 3.60. The van der Waals surface area contributed by atoms with Gasteiger partial charge in [0.1, 0.15) is 0 Å². The largest absolute Gasteiger partial charge is 0.295 e. The van der Waals surface area contributed by atoms with Crippen LogP contribution in [0, 0.1) is 0 Å². The van der Waals surface area contributed by atoms with Gasteiger partial charge in [0.05, 0.1) is 0 Å². The Morgan fingerprint density at radius 3 is 1.47 bits per heavy atom. The third-order valence-electron chi connectivity index (χ3n) is 1.95. The highest BCUT2D eigenvalue weighted by Gasteiger charge is 1.85. The lowest BCUT2D eigenvalue weighted by Gasteiger charge is -1.92. The minimum atomic E-state index is 0.0185. The van der Waals surface area contributed by atoms with E-state index >= 15 is 0 Å². The van der Waals surface area contributed by atoms with Crippen LogP contribution in [-0.2, 0) is 4.79 Å². The van der Waals surface area contributed by atoms with E-state index < -0.39 is 0 Å².